The van der Waals surface area contributed by atoms with Gasteiger partial charge in [-0.2, -0.15) is 0 Å². The van der Waals surface area contributed by atoms with E-state index in [2.05, 4.69) is 15.5 Å². The van der Waals surface area contributed by atoms with Gasteiger partial charge in [0.05, 0.1) is 12.2 Å². The van der Waals surface area contributed by atoms with Crippen LogP contribution in [0, 0.1) is 6.92 Å². The SMILES string of the molecule is COCCNCc1nnc(-c2coc(C)c2)s1. The Bertz CT molecular complexity index is 467. The van der Waals surface area contributed by atoms with E-state index in [-0.39, 0.29) is 0 Å². The molecule has 92 valence electrons. The topological polar surface area (TPSA) is 60.2 Å². The fraction of sp³-hybridized carbons (Fsp3) is 0.455. The average Bonchev–Trinajstić information content (AvgIpc) is 2.93. The molecule has 6 heteroatoms. The Morgan fingerprint density at radius 2 is 2.35 bits per heavy atom. The maximum Gasteiger partial charge on any atom is 0.151 e. The summed E-state index contributed by atoms with van der Waals surface area (Å²) in [5, 5.41) is 13.4. The van der Waals surface area contributed by atoms with Crippen molar-refractivity contribution in [2.24, 2.45) is 0 Å². The second-order valence-electron chi connectivity index (χ2n) is 3.62. The van der Waals surface area contributed by atoms with Gasteiger partial charge in [0, 0.05) is 20.2 Å². The van der Waals surface area contributed by atoms with Crippen LogP contribution >= 0.6 is 11.3 Å². The molecule has 0 aliphatic carbocycles. The zero-order chi connectivity index (χ0) is 12.1. The van der Waals surface area contributed by atoms with E-state index < -0.39 is 0 Å². The number of nitrogens with zero attached hydrogens (tertiary/aromatic N) is 2. The van der Waals surface area contributed by atoms with Crippen LogP contribution in [0.5, 0.6) is 0 Å². The van der Waals surface area contributed by atoms with Crippen molar-refractivity contribution < 1.29 is 9.15 Å². The molecule has 0 amide bonds. The molecule has 0 radical (unpaired) electrons. The first kappa shape index (κ1) is 12.2. The third kappa shape index (κ3) is 3.36. The normalized spacial score (nSPS) is 10.9. The van der Waals surface area contributed by atoms with Gasteiger partial charge in [0.1, 0.15) is 17.0 Å². The van der Waals surface area contributed by atoms with Crippen molar-refractivity contribution in [2.75, 3.05) is 20.3 Å². The summed E-state index contributed by atoms with van der Waals surface area (Å²) < 4.78 is 10.2. The number of ether oxygens (including phenoxy) is 1. The molecule has 0 unspecified atom stereocenters. The first-order chi connectivity index (χ1) is 8.29. The van der Waals surface area contributed by atoms with E-state index in [1.165, 1.54) is 0 Å². The van der Waals surface area contributed by atoms with Crippen molar-refractivity contribution >= 4 is 11.3 Å². The number of methoxy groups -OCH3 is 1. The van der Waals surface area contributed by atoms with E-state index in [4.69, 9.17) is 9.15 Å². The highest BCUT2D eigenvalue weighted by molar-refractivity contribution is 7.14. The molecule has 17 heavy (non-hydrogen) atoms. The van der Waals surface area contributed by atoms with Gasteiger partial charge in [-0.15, -0.1) is 10.2 Å². The second kappa shape index (κ2) is 5.90. The van der Waals surface area contributed by atoms with Crippen LogP contribution in [0.25, 0.3) is 10.6 Å². The fourth-order valence-corrected chi connectivity index (χ4v) is 2.15. The molecular weight excluding hydrogens is 238 g/mol. The number of hydrogen-bond acceptors (Lipinski definition) is 6. The number of rotatable bonds is 6. The third-order valence-electron chi connectivity index (χ3n) is 2.20. The van der Waals surface area contributed by atoms with Gasteiger partial charge < -0.3 is 14.5 Å². The van der Waals surface area contributed by atoms with E-state index in [1.807, 2.05) is 13.0 Å². The van der Waals surface area contributed by atoms with E-state index in [9.17, 15) is 0 Å². The van der Waals surface area contributed by atoms with E-state index in [1.54, 1.807) is 24.7 Å². The van der Waals surface area contributed by atoms with E-state index in [0.29, 0.717) is 6.61 Å². The van der Waals surface area contributed by atoms with Gasteiger partial charge in [-0.1, -0.05) is 11.3 Å². The molecule has 0 aromatic carbocycles. The highest BCUT2D eigenvalue weighted by Crippen LogP contribution is 2.25. The first-order valence-electron chi connectivity index (χ1n) is 5.37. The van der Waals surface area contributed by atoms with Crippen LogP contribution in [0.1, 0.15) is 10.8 Å². The lowest BCUT2D eigenvalue weighted by Gasteiger charge is -1.99. The minimum absolute atomic E-state index is 0.701. The van der Waals surface area contributed by atoms with Crippen LogP contribution in [0.4, 0.5) is 0 Å². The maximum atomic E-state index is 5.25. The zero-order valence-corrected chi connectivity index (χ0v) is 10.7. The lowest BCUT2D eigenvalue weighted by atomic mass is 10.3. The van der Waals surface area contributed by atoms with Crippen LogP contribution in [-0.2, 0) is 11.3 Å². The van der Waals surface area contributed by atoms with Crippen molar-refractivity contribution in [1.29, 1.82) is 0 Å². The summed E-state index contributed by atoms with van der Waals surface area (Å²) in [5.41, 5.74) is 0.989. The van der Waals surface area contributed by atoms with Crippen LogP contribution in [0.2, 0.25) is 0 Å². The summed E-state index contributed by atoms with van der Waals surface area (Å²) in [5.74, 6) is 0.884. The monoisotopic (exact) mass is 253 g/mol. The molecule has 5 nitrogen and oxygen atoms in total. The largest absolute Gasteiger partial charge is 0.469 e. The van der Waals surface area contributed by atoms with Gasteiger partial charge in [-0.05, 0) is 13.0 Å². The van der Waals surface area contributed by atoms with Crippen LogP contribution in [0.15, 0.2) is 16.7 Å². The molecule has 0 fully saturated rings. The number of aromatic nitrogens is 2. The molecule has 0 saturated heterocycles. The number of nitrogens with one attached hydrogen (secondary N) is 1. The molecule has 2 aromatic rings. The van der Waals surface area contributed by atoms with Crippen molar-refractivity contribution in [2.45, 2.75) is 13.5 Å². The van der Waals surface area contributed by atoms with Crippen molar-refractivity contribution in [1.82, 2.24) is 15.5 Å². The Kier molecular flexibility index (Phi) is 4.24. The molecule has 0 aliphatic rings. The smallest absolute Gasteiger partial charge is 0.151 e. The van der Waals surface area contributed by atoms with Crippen LogP contribution in [0.3, 0.4) is 0 Å². The Morgan fingerprint density at radius 3 is 3.06 bits per heavy atom. The van der Waals surface area contributed by atoms with Gasteiger partial charge in [0.15, 0.2) is 5.01 Å². The summed E-state index contributed by atoms with van der Waals surface area (Å²) in [7, 11) is 1.69. The second-order valence-corrected chi connectivity index (χ2v) is 4.68. The predicted molar refractivity (Wildman–Crippen MR) is 65.9 cm³/mol. The zero-order valence-electron chi connectivity index (χ0n) is 9.90. The molecule has 1 N–H and O–H groups in total. The average molecular weight is 253 g/mol. The molecular formula is C11H15N3O2S. The highest BCUT2D eigenvalue weighted by atomic mass is 32.1. The minimum atomic E-state index is 0.701. The maximum absolute atomic E-state index is 5.25. The van der Waals surface area contributed by atoms with Gasteiger partial charge in [-0.25, -0.2) is 0 Å². The molecule has 0 spiro atoms. The third-order valence-corrected chi connectivity index (χ3v) is 3.18. The number of aryl methyl sites for hydroxylation is 1. The molecule has 2 aromatic heterocycles. The standard InChI is InChI=1S/C11H15N3O2S/c1-8-5-9(7-16-8)11-14-13-10(17-11)6-12-3-4-15-2/h5,7,12H,3-4,6H2,1-2H3. The van der Waals surface area contributed by atoms with Crippen molar-refractivity contribution in [3.05, 3.63) is 23.1 Å². The molecule has 0 bridgehead atoms. The first-order valence-corrected chi connectivity index (χ1v) is 6.19. The molecule has 2 rings (SSSR count). The molecule has 0 aliphatic heterocycles. The van der Waals surface area contributed by atoms with Crippen LogP contribution in [-0.4, -0.2) is 30.5 Å². The van der Waals surface area contributed by atoms with Crippen LogP contribution < -0.4 is 5.32 Å². The van der Waals surface area contributed by atoms with E-state index in [0.717, 1.165) is 34.4 Å². The lowest BCUT2D eigenvalue weighted by molar-refractivity contribution is 0.199. The summed E-state index contributed by atoms with van der Waals surface area (Å²) in [6.07, 6.45) is 1.71. The molecule has 0 saturated carbocycles. The lowest BCUT2D eigenvalue weighted by Crippen LogP contribution is -2.18. The Morgan fingerprint density at radius 1 is 1.47 bits per heavy atom. The van der Waals surface area contributed by atoms with Crippen molar-refractivity contribution in [3.8, 4) is 10.6 Å². The minimum Gasteiger partial charge on any atom is -0.469 e. The predicted octanol–water partition coefficient (Wildman–Crippen LogP) is 1.84. The summed E-state index contributed by atoms with van der Waals surface area (Å²) >= 11 is 1.57. The summed E-state index contributed by atoms with van der Waals surface area (Å²) in [4.78, 5) is 0. The molecule has 0 atom stereocenters. The number of furan rings is 1. The summed E-state index contributed by atoms with van der Waals surface area (Å²) in [6, 6.07) is 1.96. The Hall–Kier alpha value is -1.24. The van der Waals surface area contributed by atoms with Gasteiger partial charge in [-0.3, -0.25) is 0 Å². The Balaban J connectivity index is 1.92. The van der Waals surface area contributed by atoms with Gasteiger partial charge in [0.2, 0.25) is 0 Å². The van der Waals surface area contributed by atoms with Gasteiger partial charge >= 0.3 is 0 Å². The highest BCUT2D eigenvalue weighted by Gasteiger charge is 2.08. The fourth-order valence-electron chi connectivity index (χ4n) is 1.37. The Labute approximate surface area is 104 Å². The quantitative estimate of drug-likeness (QED) is 0.796. The van der Waals surface area contributed by atoms with Crippen molar-refractivity contribution in [3.63, 3.8) is 0 Å². The number of hydrogen-bond donors (Lipinski definition) is 1. The van der Waals surface area contributed by atoms with E-state index >= 15 is 0 Å². The summed E-state index contributed by atoms with van der Waals surface area (Å²) in [6.45, 7) is 4.15. The van der Waals surface area contributed by atoms with Gasteiger partial charge in [0.25, 0.3) is 0 Å². The molecule has 2 heterocycles.